The molecule has 1 fully saturated rings. The number of ether oxygens (including phenoxy) is 2. The number of aromatic nitrogens is 1. The van der Waals surface area contributed by atoms with Crippen LogP contribution in [-0.4, -0.2) is 54.9 Å². The van der Waals surface area contributed by atoms with Crippen molar-refractivity contribution in [3.63, 3.8) is 0 Å². The molecule has 0 bridgehead atoms. The Balaban J connectivity index is 1.76. The van der Waals surface area contributed by atoms with Gasteiger partial charge in [0.05, 0.1) is 18.8 Å². The molecule has 122 valence electrons. The molecule has 5 nitrogen and oxygen atoms in total. The van der Waals surface area contributed by atoms with Crippen molar-refractivity contribution in [3.05, 3.63) is 54.4 Å². The number of carbonyl (C=O) groups is 1. The first-order chi connectivity index (χ1) is 11.2. The number of carbonyl (C=O) groups excluding carboxylic acids is 1. The van der Waals surface area contributed by atoms with Crippen LogP contribution in [-0.2, 0) is 9.47 Å². The largest absolute Gasteiger partial charge is 0.383 e. The number of hydrogen-bond acceptors (Lipinski definition) is 3. The van der Waals surface area contributed by atoms with Crippen LogP contribution in [0.5, 0.6) is 0 Å². The average Bonchev–Trinajstić information content (AvgIpc) is 3.24. The highest BCUT2D eigenvalue weighted by atomic mass is 16.5. The fraction of sp³-hybridized carbons (Fsp3) is 0.389. The molecule has 1 aromatic carbocycles. The van der Waals surface area contributed by atoms with Crippen LogP contribution in [0.4, 0.5) is 0 Å². The molecule has 0 aliphatic carbocycles. The molecule has 0 N–H and O–H groups in total. The molecule has 2 atom stereocenters. The summed E-state index contributed by atoms with van der Waals surface area (Å²) < 4.78 is 12.7. The fourth-order valence-electron chi connectivity index (χ4n) is 3.09. The maximum atomic E-state index is 12.8. The van der Waals surface area contributed by atoms with Crippen LogP contribution in [0, 0.1) is 0 Å². The predicted octanol–water partition coefficient (Wildman–Crippen LogP) is 2.35. The van der Waals surface area contributed by atoms with Crippen molar-refractivity contribution in [2.45, 2.75) is 18.6 Å². The van der Waals surface area contributed by atoms with Gasteiger partial charge < -0.3 is 18.9 Å². The zero-order valence-electron chi connectivity index (χ0n) is 13.5. The van der Waals surface area contributed by atoms with E-state index < -0.39 is 0 Å². The summed E-state index contributed by atoms with van der Waals surface area (Å²) in [6.45, 7) is 1.15. The summed E-state index contributed by atoms with van der Waals surface area (Å²) >= 11 is 0. The van der Waals surface area contributed by atoms with Gasteiger partial charge in [0.2, 0.25) is 0 Å². The summed E-state index contributed by atoms with van der Waals surface area (Å²) in [5.41, 5.74) is 1.73. The third-order valence-corrected chi connectivity index (χ3v) is 4.35. The van der Waals surface area contributed by atoms with Gasteiger partial charge in [-0.15, -0.1) is 0 Å². The lowest BCUT2D eigenvalue weighted by Crippen LogP contribution is -2.38. The lowest BCUT2D eigenvalue weighted by Gasteiger charge is -2.24. The average molecular weight is 314 g/mol. The molecule has 1 aliphatic heterocycles. The lowest BCUT2D eigenvalue weighted by molar-refractivity contribution is 0.0612. The van der Waals surface area contributed by atoms with Crippen LogP contribution < -0.4 is 0 Å². The van der Waals surface area contributed by atoms with Crippen LogP contribution in [0.2, 0.25) is 0 Å². The number of hydrogen-bond donors (Lipinski definition) is 0. The number of rotatable bonds is 5. The third-order valence-electron chi connectivity index (χ3n) is 4.35. The molecule has 0 radical (unpaired) electrons. The van der Waals surface area contributed by atoms with E-state index in [1.54, 1.807) is 14.2 Å². The second-order valence-corrected chi connectivity index (χ2v) is 5.80. The molecule has 2 aromatic rings. The molecule has 23 heavy (non-hydrogen) atoms. The Kier molecular flexibility index (Phi) is 4.79. The van der Waals surface area contributed by atoms with Gasteiger partial charge in [-0.25, -0.2) is 0 Å². The van der Waals surface area contributed by atoms with E-state index in [9.17, 15) is 4.79 Å². The zero-order valence-corrected chi connectivity index (χ0v) is 13.5. The van der Waals surface area contributed by atoms with Gasteiger partial charge >= 0.3 is 0 Å². The van der Waals surface area contributed by atoms with E-state index in [1.165, 1.54) is 0 Å². The van der Waals surface area contributed by atoms with Gasteiger partial charge in [0.15, 0.2) is 0 Å². The van der Waals surface area contributed by atoms with E-state index in [1.807, 2.05) is 58.3 Å². The van der Waals surface area contributed by atoms with Gasteiger partial charge in [0.1, 0.15) is 0 Å². The Labute approximate surface area is 136 Å². The van der Waals surface area contributed by atoms with Crippen molar-refractivity contribution in [2.24, 2.45) is 0 Å². The minimum Gasteiger partial charge on any atom is -0.383 e. The number of nitrogens with zero attached hydrogens (tertiary/aromatic N) is 2. The Bertz CT molecular complexity index is 637. The van der Waals surface area contributed by atoms with E-state index in [4.69, 9.17) is 9.47 Å². The molecule has 0 unspecified atom stereocenters. The lowest BCUT2D eigenvalue weighted by atomic mass is 10.1. The molecule has 1 saturated heterocycles. The first-order valence-corrected chi connectivity index (χ1v) is 7.79. The first-order valence-electron chi connectivity index (χ1n) is 7.79. The highest BCUT2D eigenvalue weighted by Crippen LogP contribution is 2.23. The second kappa shape index (κ2) is 6.98. The van der Waals surface area contributed by atoms with Crippen molar-refractivity contribution in [1.82, 2.24) is 9.47 Å². The number of likely N-dealkylation sites (tertiary alicyclic amines) is 1. The van der Waals surface area contributed by atoms with Crippen LogP contribution >= 0.6 is 0 Å². The standard InChI is InChI=1S/C18H22N2O3/c1-22-13-16-11-17(23-2)12-20(16)18(21)14-5-7-15(8-6-14)19-9-3-4-10-19/h3-10,16-17H,11-13H2,1-2H3/t16-,17-/m0/s1. The number of benzene rings is 1. The molecule has 0 spiro atoms. The summed E-state index contributed by atoms with van der Waals surface area (Å²) in [4.78, 5) is 14.7. The van der Waals surface area contributed by atoms with Crippen LogP contribution in [0.3, 0.4) is 0 Å². The maximum Gasteiger partial charge on any atom is 0.254 e. The smallest absolute Gasteiger partial charge is 0.254 e. The van der Waals surface area contributed by atoms with E-state index >= 15 is 0 Å². The monoisotopic (exact) mass is 314 g/mol. The van der Waals surface area contributed by atoms with Gasteiger partial charge in [-0.2, -0.15) is 0 Å². The van der Waals surface area contributed by atoms with Gasteiger partial charge in [0.25, 0.3) is 5.91 Å². The van der Waals surface area contributed by atoms with Crippen LogP contribution in [0.25, 0.3) is 5.69 Å². The number of amides is 1. The van der Waals surface area contributed by atoms with Crippen molar-refractivity contribution in [2.75, 3.05) is 27.4 Å². The molecule has 1 aliphatic rings. The van der Waals surface area contributed by atoms with Gasteiger partial charge in [-0.05, 0) is 42.8 Å². The van der Waals surface area contributed by atoms with Crippen molar-refractivity contribution < 1.29 is 14.3 Å². The highest BCUT2D eigenvalue weighted by Gasteiger charge is 2.35. The minimum atomic E-state index is 0.0330. The summed E-state index contributed by atoms with van der Waals surface area (Å²) in [6.07, 6.45) is 4.86. The summed E-state index contributed by atoms with van der Waals surface area (Å²) in [5.74, 6) is 0.0330. The van der Waals surface area contributed by atoms with E-state index in [0.29, 0.717) is 18.7 Å². The fourth-order valence-corrected chi connectivity index (χ4v) is 3.09. The van der Waals surface area contributed by atoms with E-state index in [-0.39, 0.29) is 18.1 Å². The topological polar surface area (TPSA) is 43.7 Å². The molecule has 1 amide bonds. The number of methoxy groups -OCH3 is 2. The Morgan fingerprint density at radius 1 is 1.17 bits per heavy atom. The normalized spacial score (nSPS) is 20.9. The molecule has 0 saturated carbocycles. The maximum absolute atomic E-state index is 12.8. The van der Waals surface area contributed by atoms with Gasteiger partial charge in [-0.3, -0.25) is 4.79 Å². The predicted molar refractivity (Wildman–Crippen MR) is 87.9 cm³/mol. The van der Waals surface area contributed by atoms with E-state index in [2.05, 4.69) is 0 Å². The van der Waals surface area contributed by atoms with Crippen molar-refractivity contribution in [1.29, 1.82) is 0 Å². The highest BCUT2D eigenvalue weighted by molar-refractivity contribution is 5.94. The minimum absolute atomic E-state index is 0.0330. The second-order valence-electron chi connectivity index (χ2n) is 5.80. The molecular formula is C18H22N2O3. The molecular weight excluding hydrogens is 292 g/mol. The first kappa shape index (κ1) is 15.8. The Morgan fingerprint density at radius 3 is 2.48 bits per heavy atom. The SMILES string of the molecule is COC[C@@H]1C[C@H](OC)CN1C(=O)c1ccc(-n2cccc2)cc1. The summed E-state index contributed by atoms with van der Waals surface area (Å²) in [6, 6.07) is 11.7. The van der Waals surface area contributed by atoms with Crippen molar-refractivity contribution >= 4 is 5.91 Å². The summed E-state index contributed by atoms with van der Waals surface area (Å²) in [7, 11) is 3.35. The Morgan fingerprint density at radius 2 is 1.87 bits per heavy atom. The van der Waals surface area contributed by atoms with Gasteiger partial charge in [0, 0.05) is 44.4 Å². The van der Waals surface area contributed by atoms with Gasteiger partial charge in [-0.1, -0.05) is 0 Å². The molecule has 2 heterocycles. The third kappa shape index (κ3) is 3.30. The van der Waals surface area contributed by atoms with Crippen LogP contribution in [0.1, 0.15) is 16.8 Å². The summed E-state index contributed by atoms with van der Waals surface area (Å²) in [5, 5.41) is 0. The molecule has 5 heteroatoms. The van der Waals surface area contributed by atoms with Crippen LogP contribution in [0.15, 0.2) is 48.8 Å². The quantitative estimate of drug-likeness (QED) is 0.851. The van der Waals surface area contributed by atoms with Crippen molar-refractivity contribution in [3.8, 4) is 5.69 Å². The Hall–Kier alpha value is -2.11. The molecule has 3 rings (SSSR count). The zero-order chi connectivity index (χ0) is 16.2. The molecule has 1 aromatic heterocycles. The van der Waals surface area contributed by atoms with E-state index in [0.717, 1.165) is 12.1 Å².